The number of fused-ring (bicyclic) bond motifs is 1. The maximum atomic E-state index is 11.7. The quantitative estimate of drug-likeness (QED) is 0.770. The van der Waals surface area contributed by atoms with Gasteiger partial charge in [0.25, 0.3) is 0 Å². The summed E-state index contributed by atoms with van der Waals surface area (Å²) in [7, 11) is 2.90. The summed E-state index contributed by atoms with van der Waals surface area (Å²) in [6.07, 6.45) is 0. The minimum atomic E-state index is -1.10. The zero-order chi connectivity index (χ0) is 17.1. The molecule has 1 N–H and O–H groups in total. The van der Waals surface area contributed by atoms with Crippen molar-refractivity contribution < 1.29 is 24.1 Å². The third-order valence-corrected chi connectivity index (χ3v) is 3.38. The van der Waals surface area contributed by atoms with Gasteiger partial charge in [-0.1, -0.05) is 30.3 Å². The Balaban J connectivity index is 2.10. The summed E-state index contributed by atoms with van der Waals surface area (Å²) in [4.78, 5) is 19.8. The Kier molecular flexibility index (Phi) is 4.15. The van der Waals surface area contributed by atoms with Crippen LogP contribution in [0.3, 0.4) is 0 Å². The van der Waals surface area contributed by atoms with E-state index in [9.17, 15) is 9.90 Å². The van der Waals surface area contributed by atoms with Gasteiger partial charge in [0.1, 0.15) is 11.3 Å². The molecule has 7 heteroatoms. The Labute approximate surface area is 137 Å². The van der Waals surface area contributed by atoms with Gasteiger partial charge in [-0.3, -0.25) is 0 Å². The van der Waals surface area contributed by atoms with Crippen molar-refractivity contribution in [1.82, 2.24) is 9.97 Å². The summed E-state index contributed by atoms with van der Waals surface area (Å²) in [5.74, 6) is -0.475. The minimum Gasteiger partial charge on any atom is -0.481 e. The standard InChI is InChI=1S/C17H14N2O5/c1-22-13-9-14(23-2)19-17(18-13)24-12-8-7-10-5-3-4-6-11(10)15(12)16(20)21/h3-9H,1-2H3,(H,20,21). The number of methoxy groups -OCH3 is 2. The van der Waals surface area contributed by atoms with Gasteiger partial charge in [0.15, 0.2) is 0 Å². The molecule has 3 rings (SSSR count). The minimum absolute atomic E-state index is 0.0403. The van der Waals surface area contributed by atoms with Crippen molar-refractivity contribution in [2.24, 2.45) is 0 Å². The van der Waals surface area contributed by atoms with Crippen molar-refractivity contribution in [3.05, 3.63) is 48.0 Å². The van der Waals surface area contributed by atoms with Crippen molar-refractivity contribution in [3.8, 4) is 23.5 Å². The highest BCUT2D eigenvalue weighted by atomic mass is 16.5. The molecule has 0 aliphatic rings. The fraction of sp³-hybridized carbons (Fsp3) is 0.118. The molecule has 0 spiro atoms. The van der Waals surface area contributed by atoms with Crippen molar-refractivity contribution in [2.45, 2.75) is 0 Å². The fourth-order valence-corrected chi connectivity index (χ4v) is 2.29. The van der Waals surface area contributed by atoms with Crippen LogP contribution in [0.1, 0.15) is 10.4 Å². The number of hydrogen-bond acceptors (Lipinski definition) is 6. The van der Waals surface area contributed by atoms with Crippen LogP contribution in [0.15, 0.2) is 42.5 Å². The molecule has 0 saturated heterocycles. The van der Waals surface area contributed by atoms with Crippen molar-refractivity contribution in [3.63, 3.8) is 0 Å². The summed E-state index contributed by atoms with van der Waals surface area (Å²) in [6.45, 7) is 0. The molecule has 0 aliphatic carbocycles. The Morgan fingerprint density at radius 1 is 1.00 bits per heavy atom. The number of rotatable bonds is 5. The van der Waals surface area contributed by atoms with Crippen LogP contribution in [-0.2, 0) is 0 Å². The van der Waals surface area contributed by atoms with E-state index in [1.165, 1.54) is 20.3 Å². The molecule has 3 aromatic rings. The number of ether oxygens (including phenoxy) is 3. The normalized spacial score (nSPS) is 10.4. The van der Waals surface area contributed by atoms with E-state index in [0.29, 0.717) is 5.39 Å². The summed E-state index contributed by atoms with van der Waals surface area (Å²) >= 11 is 0. The molecule has 1 aromatic heterocycles. The number of carboxylic acid groups (broad SMARTS) is 1. The van der Waals surface area contributed by atoms with E-state index in [0.717, 1.165) is 5.39 Å². The molecule has 0 bridgehead atoms. The van der Waals surface area contributed by atoms with Crippen molar-refractivity contribution in [2.75, 3.05) is 14.2 Å². The number of aromatic nitrogens is 2. The average Bonchev–Trinajstić information content (AvgIpc) is 2.60. The summed E-state index contributed by atoms with van der Waals surface area (Å²) in [5.41, 5.74) is 0.0403. The first-order chi connectivity index (χ1) is 11.6. The summed E-state index contributed by atoms with van der Waals surface area (Å²) in [6, 6.07) is 11.9. The molecular formula is C17H14N2O5. The largest absolute Gasteiger partial charge is 0.481 e. The number of carbonyl (C=O) groups is 1. The van der Waals surface area contributed by atoms with E-state index < -0.39 is 5.97 Å². The lowest BCUT2D eigenvalue weighted by atomic mass is 10.0. The number of carboxylic acids is 1. The molecule has 1 heterocycles. The number of benzene rings is 2. The van der Waals surface area contributed by atoms with Gasteiger partial charge in [0.2, 0.25) is 11.8 Å². The van der Waals surface area contributed by atoms with E-state index in [1.54, 1.807) is 24.3 Å². The Morgan fingerprint density at radius 3 is 2.29 bits per heavy atom. The van der Waals surface area contributed by atoms with Gasteiger partial charge in [-0.15, -0.1) is 0 Å². The maximum absolute atomic E-state index is 11.7. The second-order valence-corrected chi connectivity index (χ2v) is 4.80. The predicted molar refractivity (Wildman–Crippen MR) is 86.1 cm³/mol. The van der Waals surface area contributed by atoms with Crippen LogP contribution in [0, 0.1) is 0 Å². The topological polar surface area (TPSA) is 90.8 Å². The second kappa shape index (κ2) is 6.41. The van der Waals surface area contributed by atoms with E-state index in [-0.39, 0.29) is 29.1 Å². The molecule has 0 fully saturated rings. The molecule has 0 atom stereocenters. The van der Waals surface area contributed by atoms with Gasteiger partial charge in [-0.25, -0.2) is 4.79 Å². The van der Waals surface area contributed by atoms with E-state index in [1.807, 2.05) is 12.1 Å². The highest BCUT2D eigenvalue weighted by Gasteiger charge is 2.18. The fourth-order valence-electron chi connectivity index (χ4n) is 2.29. The summed E-state index contributed by atoms with van der Waals surface area (Å²) in [5, 5.41) is 10.9. The van der Waals surface area contributed by atoms with Crippen LogP contribution in [-0.4, -0.2) is 35.3 Å². The Bertz CT molecular complexity index is 888. The lowest BCUT2D eigenvalue weighted by molar-refractivity contribution is 0.0696. The van der Waals surface area contributed by atoms with Crippen LogP contribution in [0.25, 0.3) is 10.8 Å². The molecule has 0 aliphatic heterocycles. The zero-order valence-electron chi connectivity index (χ0n) is 13.0. The predicted octanol–water partition coefficient (Wildman–Crippen LogP) is 3.14. The lowest BCUT2D eigenvalue weighted by Gasteiger charge is -2.11. The van der Waals surface area contributed by atoms with Gasteiger partial charge in [-0.2, -0.15) is 9.97 Å². The van der Waals surface area contributed by atoms with Crippen LogP contribution in [0.4, 0.5) is 0 Å². The van der Waals surface area contributed by atoms with E-state index in [4.69, 9.17) is 14.2 Å². The third kappa shape index (κ3) is 2.91. The second-order valence-electron chi connectivity index (χ2n) is 4.80. The lowest BCUT2D eigenvalue weighted by Crippen LogP contribution is -2.03. The first-order valence-corrected chi connectivity index (χ1v) is 7.02. The van der Waals surface area contributed by atoms with Crippen molar-refractivity contribution >= 4 is 16.7 Å². The average molecular weight is 326 g/mol. The van der Waals surface area contributed by atoms with Gasteiger partial charge in [0.05, 0.1) is 20.3 Å². The molecular weight excluding hydrogens is 312 g/mol. The van der Waals surface area contributed by atoms with E-state index in [2.05, 4.69) is 9.97 Å². The first-order valence-electron chi connectivity index (χ1n) is 7.02. The smallest absolute Gasteiger partial charge is 0.340 e. The van der Waals surface area contributed by atoms with Crippen LogP contribution < -0.4 is 14.2 Å². The molecule has 24 heavy (non-hydrogen) atoms. The molecule has 0 radical (unpaired) electrons. The SMILES string of the molecule is COc1cc(OC)nc(Oc2ccc3ccccc3c2C(=O)O)n1. The van der Waals surface area contributed by atoms with Crippen molar-refractivity contribution in [1.29, 1.82) is 0 Å². The molecule has 122 valence electrons. The monoisotopic (exact) mass is 326 g/mol. The highest BCUT2D eigenvalue weighted by molar-refractivity contribution is 6.06. The number of nitrogens with zero attached hydrogens (tertiary/aromatic N) is 2. The molecule has 7 nitrogen and oxygen atoms in total. The Morgan fingerprint density at radius 2 is 1.67 bits per heavy atom. The number of aromatic carboxylic acids is 1. The molecule has 0 saturated carbocycles. The number of hydrogen-bond donors (Lipinski definition) is 1. The third-order valence-electron chi connectivity index (χ3n) is 3.38. The zero-order valence-corrected chi connectivity index (χ0v) is 13.0. The Hall–Kier alpha value is -3.35. The van der Waals surface area contributed by atoms with Crippen LogP contribution in [0.2, 0.25) is 0 Å². The molecule has 2 aromatic carbocycles. The van der Waals surface area contributed by atoms with Gasteiger partial charge >= 0.3 is 12.0 Å². The van der Waals surface area contributed by atoms with Gasteiger partial charge < -0.3 is 19.3 Å². The first kappa shape index (κ1) is 15.5. The van der Waals surface area contributed by atoms with Gasteiger partial charge in [-0.05, 0) is 16.8 Å². The van der Waals surface area contributed by atoms with Crippen LogP contribution in [0.5, 0.6) is 23.5 Å². The van der Waals surface area contributed by atoms with Gasteiger partial charge in [0, 0.05) is 0 Å². The molecule has 0 unspecified atom stereocenters. The molecule has 0 amide bonds. The van der Waals surface area contributed by atoms with Crippen LogP contribution >= 0.6 is 0 Å². The summed E-state index contributed by atoms with van der Waals surface area (Å²) < 4.78 is 15.7. The maximum Gasteiger partial charge on any atom is 0.340 e. The van der Waals surface area contributed by atoms with E-state index >= 15 is 0 Å². The highest BCUT2D eigenvalue weighted by Crippen LogP contribution is 2.31.